The van der Waals surface area contributed by atoms with Gasteiger partial charge in [0.25, 0.3) is 0 Å². The molecular weight excluding hydrogens is 297 g/mol. The molecule has 1 aliphatic carbocycles. The van der Waals surface area contributed by atoms with Gasteiger partial charge in [0.05, 0.1) is 0 Å². The summed E-state index contributed by atoms with van der Waals surface area (Å²) >= 11 is 5.53. The zero-order chi connectivity index (χ0) is 15.5. The fraction of sp³-hybridized carbons (Fsp3) is 0.294. The standard InChI is InChI=1S/C17H18FN3S/c1-12-2-3-14(10-16(12)18)20-17(22)21(15-4-5-15)11-13-6-8-19-9-7-13/h2-3,6-10,15H,4-5,11H2,1H3,(H,20,22). The number of hydrogen-bond donors (Lipinski definition) is 1. The number of pyridine rings is 1. The van der Waals surface area contributed by atoms with Gasteiger partial charge in [-0.15, -0.1) is 0 Å². The van der Waals surface area contributed by atoms with Crippen molar-refractivity contribution in [1.82, 2.24) is 9.88 Å². The third kappa shape index (κ3) is 3.60. The monoisotopic (exact) mass is 315 g/mol. The highest BCUT2D eigenvalue weighted by Gasteiger charge is 2.30. The first-order valence-corrected chi connectivity index (χ1v) is 7.77. The van der Waals surface area contributed by atoms with Crippen molar-refractivity contribution >= 4 is 23.0 Å². The van der Waals surface area contributed by atoms with Gasteiger partial charge in [-0.3, -0.25) is 4.98 Å². The molecule has 0 amide bonds. The van der Waals surface area contributed by atoms with Crippen LogP contribution in [0.3, 0.4) is 0 Å². The van der Waals surface area contributed by atoms with Crippen LogP contribution in [-0.4, -0.2) is 21.0 Å². The molecule has 0 saturated heterocycles. The first-order chi connectivity index (χ1) is 10.6. The number of nitrogens with one attached hydrogen (secondary N) is 1. The van der Waals surface area contributed by atoms with E-state index in [1.165, 1.54) is 11.6 Å². The average molecular weight is 315 g/mol. The van der Waals surface area contributed by atoms with Gasteiger partial charge >= 0.3 is 0 Å². The zero-order valence-corrected chi connectivity index (χ0v) is 13.2. The summed E-state index contributed by atoms with van der Waals surface area (Å²) in [5.74, 6) is -0.222. The number of benzene rings is 1. The maximum absolute atomic E-state index is 13.6. The Morgan fingerprint density at radius 1 is 1.32 bits per heavy atom. The van der Waals surface area contributed by atoms with Crippen LogP contribution in [-0.2, 0) is 6.54 Å². The Bertz CT molecular complexity index is 671. The maximum atomic E-state index is 13.6. The van der Waals surface area contributed by atoms with Crippen molar-refractivity contribution < 1.29 is 4.39 Å². The molecule has 22 heavy (non-hydrogen) atoms. The number of rotatable bonds is 4. The van der Waals surface area contributed by atoms with Gasteiger partial charge < -0.3 is 10.2 Å². The van der Waals surface area contributed by atoms with Gasteiger partial charge in [-0.2, -0.15) is 0 Å². The lowest BCUT2D eigenvalue weighted by Crippen LogP contribution is -2.36. The number of aromatic nitrogens is 1. The van der Waals surface area contributed by atoms with E-state index in [1.54, 1.807) is 25.4 Å². The van der Waals surface area contributed by atoms with Gasteiger partial charge in [-0.1, -0.05) is 6.07 Å². The third-order valence-corrected chi connectivity index (χ3v) is 4.11. The highest BCUT2D eigenvalue weighted by molar-refractivity contribution is 7.80. The molecule has 0 radical (unpaired) electrons. The van der Waals surface area contributed by atoms with Crippen molar-refractivity contribution in [2.45, 2.75) is 32.4 Å². The quantitative estimate of drug-likeness (QED) is 0.867. The smallest absolute Gasteiger partial charge is 0.173 e. The fourth-order valence-electron chi connectivity index (χ4n) is 2.30. The Hall–Kier alpha value is -2.01. The SMILES string of the molecule is Cc1ccc(NC(=S)N(Cc2ccncc2)C2CC2)cc1F. The van der Waals surface area contributed by atoms with Crippen LogP contribution < -0.4 is 5.32 Å². The van der Waals surface area contributed by atoms with Gasteiger partial charge in [0.2, 0.25) is 0 Å². The fourth-order valence-corrected chi connectivity index (χ4v) is 2.64. The summed E-state index contributed by atoms with van der Waals surface area (Å²) in [6.07, 6.45) is 5.86. The molecule has 0 bridgehead atoms. The van der Waals surface area contributed by atoms with Crippen LogP contribution in [0.2, 0.25) is 0 Å². The molecule has 1 N–H and O–H groups in total. The summed E-state index contributed by atoms with van der Waals surface area (Å²) in [6, 6.07) is 9.54. The highest BCUT2D eigenvalue weighted by atomic mass is 32.1. The third-order valence-electron chi connectivity index (χ3n) is 3.77. The van der Waals surface area contributed by atoms with E-state index < -0.39 is 0 Å². The molecule has 2 aromatic rings. The molecule has 1 fully saturated rings. The summed E-state index contributed by atoms with van der Waals surface area (Å²) in [4.78, 5) is 6.20. The first-order valence-electron chi connectivity index (χ1n) is 7.36. The molecule has 1 saturated carbocycles. The summed E-state index contributed by atoms with van der Waals surface area (Å²) in [5.41, 5.74) is 2.49. The predicted molar refractivity (Wildman–Crippen MR) is 90.2 cm³/mol. The lowest BCUT2D eigenvalue weighted by atomic mass is 10.2. The van der Waals surface area contributed by atoms with Crippen LogP contribution in [0, 0.1) is 12.7 Å². The van der Waals surface area contributed by atoms with Crippen LogP contribution in [0.25, 0.3) is 0 Å². The Balaban J connectivity index is 1.71. The lowest BCUT2D eigenvalue weighted by Gasteiger charge is -2.26. The first kappa shape index (κ1) is 14.9. The van der Waals surface area contributed by atoms with E-state index in [-0.39, 0.29) is 5.82 Å². The molecule has 0 spiro atoms. The number of aryl methyl sites for hydroxylation is 1. The molecule has 0 unspecified atom stereocenters. The van der Waals surface area contributed by atoms with E-state index in [9.17, 15) is 4.39 Å². The van der Waals surface area contributed by atoms with E-state index >= 15 is 0 Å². The maximum Gasteiger partial charge on any atom is 0.173 e. The minimum atomic E-state index is -0.222. The number of halogens is 1. The van der Waals surface area contributed by atoms with Gasteiger partial charge in [0, 0.05) is 30.7 Å². The molecule has 3 rings (SSSR count). The summed E-state index contributed by atoms with van der Waals surface area (Å²) in [6.45, 7) is 2.49. The van der Waals surface area contributed by atoms with Crippen molar-refractivity contribution in [3.05, 3.63) is 59.7 Å². The molecule has 0 aliphatic heterocycles. The molecule has 0 atom stereocenters. The van der Waals surface area contributed by atoms with Crippen molar-refractivity contribution in [3.63, 3.8) is 0 Å². The molecule has 1 aromatic carbocycles. The number of thiocarbonyl (C=S) groups is 1. The van der Waals surface area contributed by atoms with Crippen molar-refractivity contribution in [2.75, 3.05) is 5.32 Å². The Labute approximate surface area is 135 Å². The van der Waals surface area contributed by atoms with Gasteiger partial charge in [-0.05, 0) is 67.4 Å². The van der Waals surface area contributed by atoms with E-state index in [2.05, 4.69) is 15.2 Å². The topological polar surface area (TPSA) is 28.2 Å². The minimum absolute atomic E-state index is 0.222. The molecule has 3 nitrogen and oxygen atoms in total. The van der Waals surface area contributed by atoms with Gasteiger partial charge in [0.15, 0.2) is 5.11 Å². The van der Waals surface area contributed by atoms with Gasteiger partial charge in [-0.25, -0.2) is 4.39 Å². The normalized spacial score (nSPS) is 13.7. The summed E-state index contributed by atoms with van der Waals surface area (Å²) in [5, 5.41) is 3.79. The van der Waals surface area contributed by atoms with Crippen LogP contribution in [0.1, 0.15) is 24.0 Å². The second-order valence-corrected chi connectivity index (χ2v) is 6.00. The lowest BCUT2D eigenvalue weighted by molar-refractivity contribution is 0.409. The minimum Gasteiger partial charge on any atom is -0.342 e. The Kier molecular flexibility index (Phi) is 4.34. The number of hydrogen-bond acceptors (Lipinski definition) is 2. The largest absolute Gasteiger partial charge is 0.342 e. The van der Waals surface area contributed by atoms with Crippen molar-refractivity contribution in [1.29, 1.82) is 0 Å². The zero-order valence-electron chi connectivity index (χ0n) is 12.4. The van der Waals surface area contributed by atoms with Gasteiger partial charge in [0.1, 0.15) is 5.82 Å². The molecule has 1 heterocycles. The van der Waals surface area contributed by atoms with Crippen LogP contribution in [0.5, 0.6) is 0 Å². The van der Waals surface area contributed by atoms with E-state index in [4.69, 9.17) is 12.2 Å². The van der Waals surface area contributed by atoms with Crippen LogP contribution >= 0.6 is 12.2 Å². The number of anilines is 1. The second kappa shape index (κ2) is 6.40. The average Bonchev–Trinajstić information content (AvgIpc) is 3.34. The van der Waals surface area contributed by atoms with Crippen molar-refractivity contribution in [2.24, 2.45) is 0 Å². The van der Waals surface area contributed by atoms with Crippen LogP contribution in [0.15, 0.2) is 42.7 Å². The van der Waals surface area contributed by atoms with Crippen LogP contribution in [0.4, 0.5) is 10.1 Å². The molecular formula is C17H18FN3S. The Morgan fingerprint density at radius 2 is 2.05 bits per heavy atom. The van der Waals surface area contributed by atoms with E-state index in [1.807, 2.05) is 18.2 Å². The molecule has 1 aliphatic rings. The van der Waals surface area contributed by atoms with E-state index in [0.717, 1.165) is 19.4 Å². The predicted octanol–water partition coefficient (Wildman–Crippen LogP) is 3.89. The second-order valence-electron chi connectivity index (χ2n) is 5.61. The summed E-state index contributed by atoms with van der Waals surface area (Å²) in [7, 11) is 0. The van der Waals surface area contributed by atoms with Crippen molar-refractivity contribution in [3.8, 4) is 0 Å². The molecule has 1 aromatic heterocycles. The highest BCUT2D eigenvalue weighted by Crippen LogP contribution is 2.29. The summed E-state index contributed by atoms with van der Waals surface area (Å²) < 4.78 is 13.6. The number of nitrogens with zero attached hydrogens (tertiary/aromatic N) is 2. The van der Waals surface area contributed by atoms with E-state index in [0.29, 0.717) is 22.4 Å². The molecule has 5 heteroatoms. The molecule has 114 valence electrons. The Morgan fingerprint density at radius 3 is 2.68 bits per heavy atom.